The Hall–Kier alpha value is -3.16. The van der Waals surface area contributed by atoms with Gasteiger partial charge in [0.2, 0.25) is 6.29 Å². The molecule has 1 fully saturated rings. The lowest BCUT2D eigenvalue weighted by Crippen LogP contribution is -2.39. The average molecular weight is 431 g/mol. The number of fused-ring (bicyclic) bond motifs is 4. The van der Waals surface area contributed by atoms with E-state index in [2.05, 4.69) is 26.8 Å². The third kappa shape index (κ3) is 4.06. The number of morpholine rings is 1. The van der Waals surface area contributed by atoms with E-state index in [1.165, 1.54) is 11.4 Å². The van der Waals surface area contributed by atoms with Crippen LogP contribution in [0.4, 0.5) is 19.0 Å². The molecule has 7 nitrogen and oxygen atoms in total. The van der Waals surface area contributed by atoms with E-state index in [-0.39, 0.29) is 0 Å². The number of alkyl halides is 3. The van der Waals surface area contributed by atoms with Crippen LogP contribution >= 0.6 is 0 Å². The molecule has 1 aromatic carbocycles. The van der Waals surface area contributed by atoms with Crippen molar-refractivity contribution in [3.63, 3.8) is 0 Å². The molecule has 0 saturated carbocycles. The first-order valence-electron chi connectivity index (χ1n) is 9.86. The minimum atomic E-state index is -4.64. The summed E-state index contributed by atoms with van der Waals surface area (Å²) in [4.78, 5) is 15.9. The van der Waals surface area contributed by atoms with Gasteiger partial charge in [0, 0.05) is 25.2 Å². The molecule has 10 heteroatoms. The molecule has 0 atom stereocenters. The zero-order valence-corrected chi connectivity index (χ0v) is 16.6. The summed E-state index contributed by atoms with van der Waals surface area (Å²) in [6.45, 7) is 4.88. The summed E-state index contributed by atoms with van der Waals surface area (Å²) < 4.78 is 39.0. The monoisotopic (exact) mass is 431 g/mol. The van der Waals surface area contributed by atoms with Crippen molar-refractivity contribution in [2.75, 3.05) is 37.7 Å². The van der Waals surface area contributed by atoms with Crippen molar-refractivity contribution in [1.29, 1.82) is 5.26 Å². The Morgan fingerprint density at radius 1 is 1.19 bits per heavy atom. The van der Waals surface area contributed by atoms with E-state index >= 15 is 0 Å². The Labute approximate surface area is 176 Å². The van der Waals surface area contributed by atoms with E-state index in [4.69, 9.17) is 14.5 Å². The number of para-hydroxylation sites is 2. The maximum absolute atomic E-state index is 10.4. The average Bonchev–Trinajstić information content (AvgIpc) is 3.17. The van der Waals surface area contributed by atoms with Gasteiger partial charge in [-0.05, 0) is 30.7 Å². The van der Waals surface area contributed by atoms with Gasteiger partial charge in [-0.1, -0.05) is 12.1 Å². The van der Waals surface area contributed by atoms with Crippen LogP contribution in [-0.2, 0) is 22.5 Å². The molecule has 2 aliphatic heterocycles. The molecule has 0 bridgehead atoms. The van der Waals surface area contributed by atoms with Gasteiger partial charge >= 0.3 is 6.18 Å². The van der Waals surface area contributed by atoms with Gasteiger partial charge in [-0.2, -0.15) is 18.4 Å². The molecule has 162 valence electrons. The number of nitrogens with zero attached hydrogens (tertiary/aromatic N) is 4. The van der Waals surface area contributed by atoms with E-state index in [1.54, 1.807) is 0 Å². The number of carbonyl (C=O) groups is 1. The zero-order valence-electron chi connectivity index (χ0n) is 16.6. The van der Waals surface area contributed by atoms with Crippen LogP contribution < -0.4 is 10.2 Å². The first kappa shape index (κ1) is 21.1. The molecule has 2 aliphatic rings. The van der Waals surface area contributed by atoms with Crippen LogP contribution in [0, 0.1) is 11.3 Å². The highest BCUT2D eigenvalue weighted by molar-refractivity contribution is 5.86. The van der Waals surface area contributed by atoms with Gasteiger partial charge in [-0.15, -0.1) is 0 Å². The van der Waals surface area contributed by atoms with Gasteiger partial charge < -0.3 is 15.0 Å². The summed E-state index contributed by atoms with van der Waals surface area (Å²) >= 11 is 0. The minimum absolute atomic E-state index is 0.727. The number of carbonyl (C=O) groups excluding carboxylic acids is 1. The lowest BCUT2D eigenvalue weighted by atomic mass is 9.96. The quantitative estimate of drug-likeness (QED) is 0.597. The molecule has 1 saturated heterocycles. The fourth-order valence-corrected chi connectivity index (χ4v) is 4.08. The number of rotatable bonds is 1. The third-order valence-corrected chi connectivity index (χ3v) is 5.34. The largest absolute Gasteiger partial charge is 0.446 e. The second-order valence-corrected chi connectivity index (χ2v) is 7.21. The van der Waals surface area contributed by atoms with Crippen LogP contribution in [0.2, 0.25) is 0 Å². The number of anilines is 1. The van der Waals surface area contributed by atoms with Crippen molar-refractivity contribution in [3.8, 4) is 6.07 Å². The van der Waals surface area contributed by atoms with Crippen molar-refractivity contribution >= 4 is 28.8 Å². The van der Waals surface area contributed by atoms with E-state index in [1.807, 2.05) is 18.2 Å². The fourth-order valence-electron chi connectivity index (χ4n) is 4.08. The fraction of sp³-hybridized carbons (Fsp3) is 0.381. The topological polar surface area (TPSA) is 82.7 Å². The standard InChI is InChI=1S/C19H19N5O.C2HF3O/c20-11-14-13-5-6-21-12-15(13)19(23-7-9-25-10-8-23)24-17-4-2-1-3-16(17)22-18(14)24;3-2(4,5)1-6/h1-4,21H,5-10,12H2;1H. The van der Waals surface area contributed by atoms with Gasteiger partial charge in [0.05, 0.1) is 29.8 Å². The van der Waals surface area contributed by atoms with Crippen molar-refractivity contribution in [2.24, 2.45) is 0 Å². The number of aromatic nitrogens is 2. The molecule has 5 rings (SSSR count). The predicted octanol–water partition coefficient (Wildman–Crippen LogP) is 2.59. The first-order chi connectivity index (χ1) is 14.9. The smallest absolute Gasteiger partial charge is 0.378 e. The number of hydrogen-bond acceptors (Lipinski definition) is 6. The number of hydrogen-bond donors (Lipinski definition) is 1. The second-order valence-electron chi connectivity index (χ2n) is 7.21. The second kappa shape index (κ2) is 8.53. The molecular weight excluding hydrogens is 411 g/mol. The van der Waals surface area contributed by atoms with Gasteiger partial charge in [0.15, 0.2) is 5.65 Å². The molecule has 0 amide bonds. The van der Waals surface area contributed by atoms with Gasteiger partial charge in [0.25, 0.3) is 0 Å². The number of halogens is 3. The van der Waals surface area contributed by atoms with Crippen LogP contribution in [0.1, 0.15) is 16.7 Å². The Bertz CT molecular complexity index is 1160. The van der Waals surface area contributed by atoms with Gasteiger partial charge in [-0.25, -0.2) is 4.98 Å². The highest BCUT2D eigenvalue weighted by Crippen LogP contribution is 2.35. The Morgan fingerprint density at radius 2 is 1.90 bits per heavy atom. The van der Waals surface area contributed by atoms with E-state index in [0.29, 0.717) is 0 Å². The summed E-state index contributed by atoms with van der Waals surface area (Å²) in [6.07, 6.45) is -4.83. The molecular formula is C21H20F3N5O2. The molecule has 0 aliphatic carbocycles. The van der Waals surface area contributed by atoms with Gasteiger partial charge in [-0.3, -0.25) is 9.20 Å². The number of nitriles is 1. The molecule has 2 aromatic heterocycles. The summed E-state index contributed by atoms with van der Waals surface area (Å²) in [5, 5.41) is 13.3. The first-order valence-corrected chi connectivity index (χ1v) is 9.86. The lowest BCUT2D eigenvalue weighted by Gasteiger charge is -2.34. The van der Waals surface area contributed by atoms with Crippen molar-refractivity contribution in [2.45, 2.75) is 19.1 Å². The summed E-state index contributed by atoms with van der Waals surface area (Å²) in [5.74, 6) is 1.17. The van der Waals surface area contributed by atoms with Gasteiger partial charge in [0.1, 0.15) is 11.9 Å². The van der Waals surface area contributed by atoms with Crippen molar-refractivity contribution in [1.82, 2.24) is 14.7 Å². The van der Waals surface area contributed by atoms with Crippen LogP contribution in [0.5, 0.6) is 0 Å². The Kier molecular flexibility index (Phi) is 5.80. The van der Waals surface area contributed by atoms with E-state index < -0.39 is 12.5 Å². The molecule has 0 radical (unpaired) electrons. The molecule has 4 heterocycles. The van der Waals surface area contributed by atoms with Crippen LogP contribution in [0.25, 0.3) is 16.7 Å². The zero-order chi connectivity index (χ0) is 22.0. The van der Waals surface area contributed by atoms with Crippen molar-refractivity contribution < 1.29 is 22.7 Å². The lowest BCUT2D eigenvalue weighted by molar-refractivity contribution is -0.156. The van der Waals surface area contributed by atoms with Crippen LogP contribution in [0.15, 0.2) is 24.3 Å². The molecule has 3 aromatic rings. The number of imidazole rings is 1. The number of nitrogens with one attached hydrogen (secondary N) is 1. The molecule has 0 unspecified atom stereocenters. The highest BCUT2D eigenvalue weighted by Gasteiger charge is 2.28. The summed E-state index contributed by atoms with van der Waals surface area (Å²) in [7, 11) is 0. The van der Waals surface area contributed by atoms with E-state index in [9.17, 15) is 18.4 Å². The predicted molar refractivity (Wildman–Crippen MR) is 108 cm³/mol. The SMILES string of the molecule is N#Cc1c2c(c(N3CCOCC3)n3c1nc1ccccc13)CNCC2.O=CC(F)(F)F. The minimum Gasteiger partial charge on any atom is -0.378 e. The highest BCUT2D eigenvalue weighted by atomic mass is 19.4. The summed E-state index contributed by atoms with van der Waals surface area (Å²) in [6, 6.07) is 10.6. The number of ether oxygens (including phenoxy) is 1. The third-order valence-electron chi connectivity index (χ3n) is 5.34. The number of aldehydes is 1. The van der Waals surface area contributed by atoms with E-state index in [0.717, 1.165) is 73.6 Å². The maximum atomic E-state index is 10.4. The Balaban J connectivity index is 0.000000342. The molecule has 0 spiro atoms. The number of benzene rings is 1. The Morgan fingerprint density at radius 3 is 2.58 bits per heavy atom. The maximum Gasteiger partial charge on any atom is 0.446 e. The van der Waals surface area contributed by atoms with Crippen LogP contribution in [-0.4, -0.2) is 54.7 Å². The van der Waals surface area contributed by atoms with Crippen molar-refractivity contribution in [3.05, 3.63) is 41.0 Å². The van der Waals surface area contributed by atoms with Crippen LogP contribution in [0.3, 0.4) is 0 Å². The molecule has 1 N–H and O–H groups in total. The summed E-state index contributed by atoms with van der Waals surface area (Å²) in [5.41, 5.74) is 5.90. The number of pyridine rings is 1. The normalized spacial score (nSPS) is 16.4. The molecule has 31 heavy (non-hydrogen) atoms.